The summed E-state index contributed by atoms with van der Waals surface area (Å²) in [5.74, 6) is 0.581. The molecule has 1 aromatic carbocycles. The summed E-state index contributed by atoms with van der Waals surface area (Å²) in [5, 5.41) is 6.67. The van der Waals surface area contributed by atoms with Crippen molar-refractivity contribution in [1.82, 2.24) is 5.32 Å². The van der Waals surface area contributed by atoms with Crippen LogP contribution >= 0.6 is 27.5 Å². The van der Waals surface area contributed by atoms with Gasteiger partial charge in [0.05, 0.1) is 23.2 Å². The molecule has 1 fully saturated rings. The molecule has 104 valence electrons. The zero-order chi connectivity index (χ0) is 13.8. The molecule has 1 saturated heterocycles. The van der Waals surface area contributed by atoms with Crippen molar-refractivity contribution in [3.05, 3.63) is 21.6 Å². The van der Waals surface area contributed by atoms with Gasteiger partial charge in [0.15, 0.2) is 5.75 Å². The Morgan fingerprint density at radius 2 is 2.37 bits per heavy atom. The fourth-order valence-corrected chi connectivity index (χ4v) is 3.14. The van der Waals surface area contributed by atoms with Crippen molar-refractivity contribution < 1.29 is 9.53 Å². The van der Waals surface area contributed by atoms with Crippen LogP contribution in [0.3, 0.4) is 0 Å². The van der Waals surface area contributed by atoms with Crippen molar-refractivity contribution in [3.63, 3.8) is 0 Å². The number of rotatable bonds is 3. The highest BCUT2D eigenvalue weighted by Gasteiger charge is 2.22. The Kier molecular flexibility index (Phi) is 5.07. The molecule has 6 heteroatoms. The maximum Gasteiger partial charge on any atom is 0.228 e. The number of ether oxygens (including phenoxy) is 1. The van der Waals surface area contributed by atoms with E-state index in [4.69, 9.17) is 16.3 Å². The molecule has 1 aliphatic rings. The zero-order valence-corrected chi connectivity index (χ0v) is 13.0. The quantitative estimate of drug-likeness (QED) is 0.883. The SMILES string of the molecule is COc1c(Br)cc(Cl)cc1NC(=O)C1CCCNC1. The van der Waals surface area contributed by atoms with Gasteiger partial charge in [-0.2, -0.15) is 0 Å². The molecule has 0 radical (unpaired) electrons. The molecule has 0 bridgehead atoms. The molecule has 1 amide bonds. The van der Waals surface area contributed by atoms with Gasteiger partial charge in [0.25, 0.3) is 0 Å². The van der Waals surface area contributed by atoms with Gasteiger partial charge in [0, 0.05) is 11.6 Å². The smallest absolute Gasteiger partial charge is 0.228 e. The number of hydrogen-bond acceptors (Lipinski definition) is 3. The maximum absolute atomic E-state index is 12.2. The molecule has 1 atom stereocenters. The number of benzene rings is 1. The van der Waals surface area contributed by atoms with Crippen LogP contribution in [-0.2, 0) is 4.79 Å². The van der Waals surface area contributed by atoms with Crippen molar-refractivity contribution in [3.8, 4) is 5.75 Å². The zero-order valence-electron chi connectivity index (χ0n) is 10.6. The minimum atomic E-state index is -0.00351. The average Bonchev–Trinajstić information content (AvgIpc) is 2.39. The highest BCUT2D eigenvalue weighted by Crippen LogP contribution is 2.36. The Bertz CT molecular complexity index is 476. The second-order valence-electron chi connectivity index (χ2n) is 4.50. The summed E-state index contributed by atoms with van der Waals surface area (Å²) in [6.07, 6.45) is 1.93. The maximum atomic E-state index is 12.2. The van der Waals surface area contributed by atoms with Crippen LogP contribution in [0.4, 0.5) is 5.69 Å². The predicted molar refractivity (Wildman–Crippen MR) is 79.9 cm³/mol. The molecule has 4 nitrogen and oxygen atoms in total. The van der Waals surface area contributed by atoms with Crippen LogP contribution in [0.25, 0.3) is 0 Å². The van der Waals surface area contributed by atoms with Crippen LogP contribution in [0.2, 0.25) is 5.02 Å². The van der Waals surface area contributed by atoms with Gasteiger partial charge in [0.2, 0.25) is 5.91 Å². The fraction of sp³-hybridized carbons (Fsp3) is 0.462. The molecule has 0 spiro atoms. The van der Waals surface area contributed by atoms with Crippen molar-refractivity contribution in [2.45, 2.75) is 12.8 Å². The molecule has 1 unspecified atom stereocenters. The Labute approximate surface area is 126 Å². The summed E-state index contributed by atoms with van der Waals surface area (Å²) in [6.45, 7) is 1.70. The van der Waals surface area contributed by atoms with Crippen molar-refractivity contribution in [1.29, 1.82) is 0 Å². The lowest BCUT2D eigenvalue weighted by atomic mass is 9.99. The molecule has 0 aliphatic carbocycles. The molecule has 1 aromatic rings. The minimum absolute atomic E-state index is 0.000309. The van der Waals surface area contributed by atoms with Crippen molar-refractivity contribution in [2.75, 3.05) is 25.5 Å². The van der Waals surface area contributed by atoms with Gasteiger partial charge in [-0.1, -0.05) is 11.6 Å². The van der Waals surface area contributed by atoms with E-state index in [9.17, 15) is 4.79 Å². The summed E-state index contributed by atoms with van der Waals surface area (Å²) in [4.78, 5) is 12.2. The Balaban J connectivity index is 2.15. The summed E-state index contributed by atoms with van der Waals surface area (Å²) in [5.41, 5.74) is 0.595. The molecule has 19 heavy (non-hydrogen) atoms. The van der Waals surface area contributed by atoms with E-state index in [1.165, 1.54) is 0 Å². The largest absolute Gasteiger partial charge is 0.493 e. The first-order chi connectivity index (χ1) is 9.11. The average molecular weight is 348 g/mol. The van der Waals surface area contributed by atoms with E-state index in [1.807, 2.05) is 0 Å². The number of amides is 1. The lowest BCUT2D eigenvalue weighted by molar-refractivity contribution is -0.120. The number of hydrogen-bond donors (Lipinski definition) is 2. The van der Waals surface area contributed by atoms with E-state index in [1.54, 1.807) is 19.2 Å². The van der Waals surface area contributed by atoms with E-state index in [2.05, 4.69) is 26.6 Å². The number of piperidine rings is 1. The van der Waals surface area contributed by atoms with E-state index in [-0.39, 0.29) is 11.8 Å². The fourth-order valence-electron chi connectivity index (χ4n) is 2.17. The highest BCUT2D eigenvalue weighted by atomic mass is 79.9. The van der Waals surface area contributed by atoms with E-state index in [0.29, 0.717) is 16.5 Å². The van der Waals surface area contributed by atoms with Crippen LogP contribution in [0.15, 0.2) is 16.6 Å². The van der Waals surface area contributed by atoms with Crippen LogP contribution in [0, 0.1) is 5.92 Å². The van der Waals surface area contributed by atoms with Crippen molar-refractivity contribution >= 4 is 39.1 Å². The molecule has 0 saturated carbocycles. The highest BCUT2D eigenvalue weighted by molar-refractivity contribution is 9.10. The number of methoxy groups -OCH3 is 1. The number of nitrogens with one attached hydrogen (secondary N) is 2. The summed E-state index contributed by atoms with van der Waals surface area (Å²) < 4.78 is 6.01. The summed E-state index contributed by atoms with van der Waals surface area (Å²) in [6, 6.07) is 3.43. The number of carbonyl (C=O) groups excluding carboxylic acids is 1. The minimum Gasteiger partial charge on any atom is -0.493 e. The summed E-state index contributed by atoms with van der Waals surface area (Å²) in [7, 11) is 1.56. The van der Waals surface area contributed by atoms with E-state index < -0.39 is 0 Å². The number of carbonyl (C=O) groups is 1. The van der Waals surface area contributed by atoms with Crippen molar-refractivity contribution in [2.24, 2.45) is 5.92 Å². The lowest BCUT2D eigenvalue weighted by Crippen LogP contribution is -2.37. The number of halogens is 2. The van der Waals surface area contributed by atoms with Gasteiger partial charge >= 0.3 is 0 Å². The van der Waals surface area contributed by atoms with Gasteiger partial charge in [-0.25, -0.2) is 0 Å². The number of anilines is 1. The molecule has 0 aromatic heterocycles. The van der Waals surface area contributed by atoms with Gasteiger partial charge < -0.3 is 15.4 Å². The van der Waals surface area contributed by atoms with E-state index in [0.717, 1.165) is 30.4 Å². The molecule has 2 N–H and O–H groups in total. The van der Waals surface area contributed by atoms with Crippen LogP contribution < -0.4 is 15.4 Å². The van der Waals surface area contributed by atoms with Crippen LogP contribution in [-0.4, -0.2) is 26.1 Å². The van der Waals surface area contributed by atoms with Crippen LogP contribution in [0.1, 0.15) is 12.8 Å². The molecular formula is C13H16BrClN2O2. The molecule has 2 rings (SSSR count). The second-order valence-corrected chi connectivity index (χ2v) is 5.79. The Morgan fingerprint density at radius 1 is 1.58 bits per heavy atom. The van der Waals surface area contributed by atoms with Gasteiger partial charge in [-0.3, -0.25) is 4.79 Å². The second kappa shape index (κ2) is 6.59. The molecule has 1 aliphatic heterocycles. The summed E-state index contributed by atoms with van der Waals surface area (Å²) >= 11 is 9.37. The standard InChI is InChI=1S/C13H16BrClN2O2/c1-19-12-10(14)5-9(15)6-11(12)17-13(18)8-3-2-4-16-7-8/h5-6,8,16H,2-4,7H2,1H3,(H,17,18). The van der Waals surface area contributed by atoms with Gasteiger partial charge in [0.1, 0.15) is 0 Å². The molecule has 1 heterocycles. The molecular weight excluding hydrogens is 332 g/mol. The monoisotopic (exact) mass is 346 g/mol. The topological polar surface area (TPSA) is 50.4 Å². The van der Waals surface area contributed by atoms with Gasteiger partial charge in [-0.15, -0.1) is 0 Å². The lowest BCUT2D eigenvalue weighted by Gasteiger charge is -2.22. The third kappa shape index (κ3) is 3.61. The Morgan fingerprint density at radius 3 is 3.00 bits per heavy atom. The van der Waals surface area contributed by atoms with Gasteiger partial charge in [-0.05, 0) is 47.4 Å². The third-order valence-corrected chi connectivity index (χ3v) is 3.95. The Hall–Kier alpha value is -0.780. The normalized spacial score (nSPS) is 19.0. The first kappa shape index (κ1) is 14.6. The van der Waals surface area contributed by atoms with Crippen LogP contribution in [0.5, 0.6) is 5.75 Å². The van der Waals surface area contributed by atoms with E-state index >= 15 is 0 Å². The first-order valence-electron chi connectivity index (χ1n) is 6.16. The predicted octanol–water partition coefficient (Wildman–Crippen LogP) is 3.05. The third-order valence-electron chi connectivity index (χ3n) is 3.14. The first-order valence-corrected chi connectivity index (χ1v) is 7.33.